The summed E-state index contributed by atoms with van der Waals surface area (Å²) in [4.78, 5) is 36.8. The molecule has 2 amide bonds. The number of piperidine rings is 1. The number of alkyl halides is 2. The molecule has 2 fully saturated rings. The number of carbonyl (C=O) groups excluding carboxylic acids is 2. The second-order valence-electron chi connectivity index (χ2n) is 10.1. The number of piperazine rings is 1. The van der Waals surface area contributed by atoms with E-state index in [-0.39, 0.29) is 41.0 Å². The second-order valence-corrected chi connectivity index (χ2v) is 11.0. The zero-order valence-electron chi connectivity index (χ0n) is 20.6. The molecular formula is C24H27F2N5O5S. The molecule has 0 spiro atoms. The molecule has 37 heavy (non-hydrogen) atoms. The summed E-state index contributed by atoms with van der Waals surface area (Å²) in [6.45, 7) is 6.36. The lowest BCUT2D eigenvalue weighted by Gasteiger charge is -2.49. The molecule has 5 rings (SSSR count). The van der Waals surface area contributed by atoms with E-state index in [2.05, 4.69) is 14.7 Å². The molecule has 0 radical (unpaired) electrons. The Kier molecular flexibility index (Phi) is 6.21. The summed E-state index contributed by atoms with van der Waals surface area (Å²) in [6.07, 6.45) is -0.417. The number of anilines is 1. The summed E-state index contributed by atoms with van der Waals surface area (Å²) >= 11 is 1.35. The Balaban J connectivity index is 1.50. The molecule has 2 N–H and O–H groups in total. The normalized spacial score (nSPS) is 20.2. The molecule has 13 heteroatoms. The van der Waals surface area contributed by atoms with Crippen molar-refractivity contribution in [2.75, 3.05) is 18.0 Å². The van der Waals surface area contributed by atoms with Gasteiger partial charge < -0.3 is 24.5 Å². The lowest BCUT2D eigenvalue weighted by Crippen LogP contribution is -2.63. The maximum Gasteiger partial charge on any atom is 0.482 e. The van der Waals surface area contributed by atoms with E-state index in [1.165, 1.54) is 23.5 Å². The number of oxazole rings is 1. The largest absolute Gasteiger partial charge is 0.482 e. The fourth-order valence-corrected chi connectivity index (χ4v) is 5.45. The van der Waals surface area contributed by atoms with Crippen molar-refractivity contribution in [3.05, 3.63) is 23.7 Å². The number of thiazole rings is 1. The van der Waals surface area contributed by atoms with Gasteiger partial charge in [0.05, 0.1) is 12.1 Å². The molecule has 1 aromatic carbocycles. The van der Waals surface area contributed by atoms with Gasteiger partial charge in [0.1, 0.15) is 16.1 Å². The van der Waals surface area contributed by atoms with Crippen LogP contribution in [0.25, 0.3) is 21.7 Å². The van der Waals surface area contributed by atoms with Gasteiger partial charge >= 0.3 is 18.1 Å². The first-order valence-corrected chi connectivity index (χ1v) is 12.8. The predicted octanol–water partition coefficient (Wildman–Crippen LogP) is 4.39. The molecule has 0 aliphatic carbocycles. The van der Waals surface area contributed by atoms with Gasteiger partial charge in [0, 0.05) is 30.2 Å². The van der Waals surface area contributed by atoms with Gasteiger partial charge in [-0.25, -0.2) is 9.78 Å². The molecule has 2 unspecified atom stereocenters. The molecule has 2 aliphatic rings. The van der Waals surface area contributed by atoms with Crippen LogP contribution in [0.2, 0.25) is 0 Å². The van der Waals surface area contributed by atoms with Crippen molar-refractivity contribution >= 4 is 40.5 Å². The van der Waals surface area contributed by atoms with Crippen LogP contribution >= 0.6 is 11.3 Å². The molecule has 198 valence electrons. The topological polar surface area (TPSA) is 124 Å². The van der Waals surface area contributed by atoms with Crippen LogP contribution in [0.4, 0.5) is 19.6 Å². The average Bonchev–Trinajstić information content (AvgIpc) is 3.48. The van der Waals surface area contributed by atoms with Gasteiger partial charge in [-0.1, -0.05) is 0 Å². The Morgan fingerprint density at radius 1 is 1.19 bits per heavy atom. The van der Waals surface area contributed by atoms with Crippen LogP contribution < -0.4 is 15.4 Å². The van der Waals surface area contributed by atoms with Gasteiger partial charge in [-0.15, -0.1) is 11.3 Å². The average molecular weight is 536 g/mol. The summed E-state index contributed by atoms with van der Waals surface area (Å²) < 4.78 is 44.4. The van der Waals surface area contributed by atoms with Crippen LogP contribution in [0.1, 0.15) is 40.0 Å². The van der Waals surface area contributed by atoms with Crippen molar-refractivity contribution in [2.24, 2.45) is 5.73 Å². The highest BCUT2D eigenvalue weighted by Gasteiger charge is 2.44. The number of halogens is 2. The quantitative estimate of drug-likeness (QED) is 0.510. The summed E-state index contributed by atoms with van der Waals surface area (Å²) in [5.41, 5.74) is 4.97. The molecule has 10 nitrogen and oxygen atoms in total. The van der Waals surface area contributed by atoms with Gasteiger partial charge in [-0.05, 0) is 52.2 Å². The van der Waals surface area contributed by atoms with Gasteiger partial charge in [0.2, 0.25) is 0 Å². The summed E-state index contributed by atoms with van der Waals surface area (Å²) in [5.74, 6) is -2.29. The third-order valence-electron chi connectivity index (χ3n) is 6.28. The molecule has 3 aromatic rings. The number of fused-ring (bicyclic) bond motifs is 3. The van der Waals surface area contributed by atoms with Gasteiger partial charge in [-0.3, -0.25) is 9.69 Å². The van der Waals surface area contributed by atoms with E-state index in [4.69, 9.17) is 14.9 Å². The first-order valence-electron chi connectivity index (χ1n) is 11.9. The van der Waals surface area contributed by atoms with E-state index in [0.717, 1.165) is 19.3 Å². The third-order valence-corrected chi connectivity index (χ3v) is 7.09. The monoisotopic (exact) mass is 535 g/mol. The van der Waals surface area contributed by atoms with E-state index in [0.29, 0.717) is 23.7 Å². The molecule has 2 bridgehead atoms. The maximum absolute atomic E-state index is 14.1. The van der Waals surface area contributed by atoms with Crippen LogP contribution in [0.5, 0.6) is 5.75 Å². The van der Waals surface area contributed by atoms with Crippen LogP contribution in [0.3, 0.4) is 0 Å². The van der Waals surface area contributed by atoms with E-state index < -0.39 is 17.6 Å². The summed E-state index contributed by atoms with van der Waals surface area (Å²) in [5, 5.41) is 2.40. The standard InChI is InChI=1S/C24H27F2N5O5S/c1-23(2,3)36-22(33)31-13-5-4-6-14(31)12-30(11-13)21-29-17-15(19-28-9-10-37-19)7-8-16(18(17)34-21)35-24(25,26)20(27)32/h7-10,13-14H,4-6,11-12H2,1-3H3,(H2,27,32). The number of ether oxygens (including phenoxy) is 2. The molecule has 4 heterocycles. The Bertz CT molecular complexity index is 1310. The number of rotatable bonds is 5. The van der Waals surface area contributed by atoms with E-state index in [1.807, 2.05) is 25.7 Å². The van der Waals surface area contributed by atoms with Crippen LogP contribution in [0, 0.1) is 0 Å². The van der Waals surface area contributed by atoms with Gasteiger partial charge in [0.15, 0.2) is 11.3 Å². The fraction of sp³-hybridized carbons (Fsp3) is 0.500. The number of aromatic nitrogens is 2. The number of nitrogens with zero attached hydrogens (tertiary/aromatic N) is 4. The van der Waals surface area contributed by atoms with Crippen molar-refractivity contribution in [1.29, 1.82) is 0 Å². The smallest absolute Gasteiger partial charge is 0.444 e. The third kappa shape index (κ3) is 4.91. The van der Waals surface area contributed by atoms with Gasteiger partial charge in [0.25, 0.3) is 6.01 Å². The highest BCUT2D eigenvalue weighted by molar-refractivity contribution is 7.13. The maximum atomic E-state index is 14.1. The number of benzene rings is 1. The van der Waals surface area contributed by atoms with Crippen LogP contribution in [-0.2, 0) is 9.53 Å². The first-order chi connectivity index (χ1) is 17.4. The molecule has 2 aromatic heterocycles. The first kappa shape index (κ1) is 25.2. The van der Waals surface area contributed by atoms with E-state index in [9.17, 15) is 18.4 Å². The zero-order valence-corrected chi connectivity index (χ0v) is 21.4. The summed E-state index contributed by atoms with van der Waals surface area (Å²) in [6, 6.07) is 2.78. The second kappa shape index (κ2) is 9.12. The van der Waals surface area contributed by atoms with E-state index in [1.54, 1.807) is 16.5 Å². The molecular weight excluding hydrogens is 508 g/mol. The minimum Gasteiger partial charge on any atom is -0.444 e. The lowest BCUT2D eigenvalue weighted by atomic mass is 9.92. The van der Waals surface area contributed by atoms with Crippen LogP contribution in [-0.4, -0.2) is 63.8 Å². The number of hydrogen-bond acceptors (Lipinski definition) is 9. The zero-order chi connectivity index (χ0) is 26.5. The Labute approximate surface area is 215 Å². The van der Waals surface area contributed by atoms with Crippen molar-refractivity contribution in [3.8, 4) is 16.3 Å². The van der Waals surface area contributed by atoms with Crippen molar-refractivity contribution in [1.82, 2.24) is 14.9 Å². The highest BCUT2D eigenvalue weighted by atomic mass is 32.1. The molecule has 0 saturated carbocycles. The lowest BCUT2D eigenvalue weighted by molar-refractivity contribution is -0.189. The number of carbonyl (C=O) groups is 2. The highest BCUT2D eigenvalue weighted by Crippen LogP contribution is 2.40. The minimum absolute atomic E-state index is 0.0524. The van der Waals surface area contributed by atoms with Crippen molar-refractivity contribution in [2.45, 2.75) is 63.8 Å². The minimum atomic E-state index is -4.24. The Morgan fingerprint density at radius 3 is 2.49 bits per heavy atom. The Hall–Kier alpha value is -3.48. The number of amides is 2. The van der Waals surface area contributed by atoms with Crippen LogP contribution in [0.15, 0.2) is 28.1 Å². The number of nitrogens with two attached hydrogens (primary N) is 1. The number of primary amides is 1. The van der Waals surface area contributed by atoms with Crippen molar-refractivity contribution < 1.29 is 32.3 Å². The van der Waals surface area contributed by atoms with Crippen molar-refractivity contribution in [3.63, 3.8) is 0 Å². The fourth-order valence-electron chi connectivity index (χ4n) is 4.78. The SMILES string of the molecule is CC(C)(C)OC(=O)N1C2CCCC1CN(c1nc3c(-c4nccs4)ccc(OC(F)(F)C(N)=O)c3o1)C2. The predicted molar refractivity (Wildman–Crippen MR) is 132 cm³/mol. The molecule has 2 saturated heterocycles. The molecule has 2 atom stereocenters. The van der Waals surface area contributed by atoms with E-state index >= 15 is 0 Å². The van der Waals surface area contributed by atoms with Gasteiger partial charge in [-0.2, -0.15) is 13.8 Å². The summed E-state index contributed by atoms with van der Waals surface area (Å²) in [7, 11) is 0. The Morgan fingerprint density at radius 2 is 1.89 bits per heavy atom. The number of hydrogen-bond donors (Lipinski definition) is 1. The molecule has 2 aliphatic heterocycles.